The molecule has 0 aliphatic heterocycles. The van der Waals surface area contributed by atoms with Gasteiger partial charge in [-0.3, -0.25) is 0 Å². The fourth-order valence-corrected chi connectivity index (χ4v) is 2.55. The lowest BCUT2D eigenvalue weighted by Gasteiger charge is -2.13. The molecule has 0 radical (unpaired) electrons. The van der Waals surface area contributed by atoms with Gasteiger partial charge < -0.3 is 0 Å². The van der Waals surface area contributed by atoms with Crippen LogP contribution in [0.25, 0.3) is 11.1 Å². The van der Waals surface area contributed by atoms with Gasteiger partial charge in [0.25, 0.3) is 0 Å². The molecule has 2 aromatic carbocycles. The summed E-state index contributed by atoms with van der Waals surface area (Å²) in [6.07, 6.45) is 0. The Kier molecular flexibility index (Phi) is 3.45. The number of hydrogen-bond acceptors (Lipinski definition) is 0. The molecule has 0 fully saturated rings. The van der Waals surface area contributed by atoms with E-state index in [1.807, 2.05) is 0 Å². The van der Waals surface area contributed by atoms with E-state index in [0.717, 1.165) is 5.33 Å². The van der Waals surface area contributed by atoms with E-state index >= 15 is 0 Å². The Morgan fingerprint density at radius 2 is 1.56 bits per heavy atom. The molecule has 0 unspecified atom stereocenters. The van der Waals surface area contributed by atoms with Crippen LogP contribution in [0.5, 0.6) is 0 Å². The zero-order valence-corrected chi connectivity index (χ0v) is 11.2. The lowest BCUT2D eigenvalue weighted by atomic mass is 9.93. The highest BCUT2D eigenvalue weighted by atomic mass is 79.9. The van der Waals surface area contributed by atoms with Gasteiger partial charge in [-0.2, -0.15) is 0 Å². The first-order valence-corrected chi connectivity index (χ1v) is 6.56. The first-order chi connectivity index (χ1) is 7.74. The fraction of sp³-hybridized carbons (Fsp3) is 0.200. The fourth-order valence-electron chi connectivity index (χ4n) is 2.08. The van der Waals surface area contributed by atoms with Gasteiger partial charge in [-0.05, 0) is 41.7 Å². The number of alkyl halides is 1. The van der Waals surface area contributed by atoms with Crippen LogP contribution < -0.4 is 0 Å². The molecule has 0 spiro atoms. The van der Waals surface area contributed by atoms with E-state index in [0.29, 0.717) is 0 Å². The number of hydrogen-bond donors (Lipinski definition) is 0. The third kappa shape index (κ3) is 2.05. The Morgan fingerprint density at radius 1 is 0.875 bits per heavy atom. The van der Waals surface area contributed by atoms with Crippen LogP contribution in [0, 0.1) is 13.8 Å². The van der Waals surface area contributed by atoms with E-state index < -0.39 is 0 Å². The summed E-state index contributed by atoms with van der Waals surface area (Å²) in [7, 11) is 0. The first kappa shape index (κ1) is 11.4. The summed E-state index contributed by atoms with van der Waals surface area (Å²) in [5.41, 5.74) is 6.74. The Hall–Kier alpha value is -1.08. The maximum Gasteiger partial charge on any atom is 0.0289 e. The minimum Gasteiger partial charge on any atom is -0.0876 e. The largest absolute Gasteiger partial charge is 0.0876 e. The summed E-state index contributed by atoms with van der Waals surface area (Å²) in [6.45, 7) is 4.34. The molecule has 0 amide bonds. The number of benzene rings is 2. The topological polar surface area (TPSA) is 0 Å². The van der Waals surface area contributed by atoms with Crippen LogP contribution in [-0.2, 0) is 5.33 Å². The van der Waals surface area contributed by atoms with E-state index in [1.54, 1.807) is 0 Å². The summed E-state index contributed by atoms with van der Waals surface area (Å²) >= 11 is 3.56. The SMILES string of the molecule is Cc1ccccc1-c1c(C)cccc1CBr. The van der Waals surface area contributed by atoms with Crippen LogP contribution in [0.15, 0.2) is 42.5 Å². The smallest absolute Gasteiger partial charge is 0.0289 e. The third-order valence-corrected chi connectivity index (χ3v) is 3.52. The molecule has 0 saturated carbocycles. The van der Waals surface area contributed by atoms with Crippen LogP contribution in [0.1, 0.15) is 16.7 Å². The molecule has 0 aromatic heterocycles. The highest BCUT2D eigenvalue weighted by Crippen LogP contribution is 2.31. The van der Waals surface area contributed by atoms with Gasteiger partial charge in [-0.15, -0.1) is 0 Å². The van der Waals surface area contributed by atoms with Crippen molar-refractivity contribution in [2.24, 2.45) is 0 Å². The number of aryl methyl sites for hydroxylation is 2. The quantitative estimate of drug-likeness (QED) is 0.686. The van der Waals surface area contributed by atoms with Gasteiger partial charge in [0.15, 0.2) is 0 Å². The van der Waals surface area contributed by atoms with Crippen molar-refractivity contribution >= 4 is 15.9 Å². The standard InChI is InChI=1S/C15H15Br/c1-11-6-3-4-9-14(11)15-12(2)7-5-8-13(15)10-16/h3-9H,10H2,1-2H3. The molecular formula is C15H15Br. The van der Waals surface area contributed by atoms with Crippen molar-refractivity contribution < 1.29 is 0 Å². The average molecular weight is 275 g/mol. The number of halogens is 1. The summed E-state index contributed by atoms with van der Waals surface area (Å²) in [5, 5.41) is 0.901. The van der Waals surface area contributed by atoms with Crippen molar-refractivity contribution in [1.82, 2.24) is 0 Å². The Morgan fingerprint density at radius 3 is 2.25 bits per heavy atom. The second-order valence-corrected chi connectivity index (χ2v) is 4.62. The Balaban J connectivity index is 2.68. The first-order valence-electron chi connectivity index (χ1n) is 5.44. The molecule has 2 rings (SSSR count). The monoisotopic (exact) mass is 274 g/mol. The molecule has 2 aromatic rings. The normalized spacial score (nSPS) is 10.4. The molecule has 0 bridgehead atoms. The van der Waals surface area contributed by atoms with Crippen molar-refractivity contribution in [3.63, 3.8) is 0 Å². The average Bonchev–Trinajstić information content (AvgIpc) is 2.30. The van der Waals surface area contributed by atoms with Crippen LogP contribution in [0.4, 0.5) is 0 Å². The van der Waals surface area contributed by atoms with Gasteiger partial charge >= 0.3 is 0 Å². The second-order valence-electron chi connectivity index (χ2n) is 4.06. The molecular weight excluding hydrogens is 260 g/mol. The molecule has 0 saturated heterocycles. The van der Waals surface area contributed by atoms with Gasteiger partial charge in [-0.1, -0.05) is 58.4 Å². The second kappa shape index (κ2) is 4.84. The van der Waals surface area contributed by atoms with Crippen molar-refractivity contribution in [1.29, 1.82) is 0 Å². The Labute approximate surface area is 105 Å². The van der Waals surface area contributed by atoms with Crippen molar-refractivity contribution in [3.05, 3.63) is 59.2 Å². The highest BCUT2D eigenvalue weighted by molar-refractivity contribution is 9.08. The van der Waals surface area contributed by atoms with Crippen LogP contribution in [0.2, 0.25) is 0 Å². The lowest BCUT2D eigenvalue weighted by Crippen LogP contribution is -1.92. The molecule has 1 heteroatoms. The van der Waals surface area contributed by atoms with Gasteiger partial charge in [0.05, 0.1) is 0 Å². The van der Waals surface area contributed by atoms with E-state index in [9.17, 15) is 0 Å². The van der Waals surface area contributed by atoms with Crippen LogP contribution >= 0.6 is 15.9 Å². The van der Waals surface area contributed by atoms with Crippen LogP contribution in [-0.4, -0.2) is 0 Å². The molecule has 16 heavy (non-hydrogen) atoms. The molecule has 0 nitrogen and oxygen atoms in total. The van der Waals surface area contributed by atoms with Gasteiger partial charge in [0.2, 0.25) is 0 Å². The summed E-state index contributed by atoms with van der Waals surface area (Å²) in [4.78, 5) is 0. The molecule has 0 N–H and O–H groups in total. The Bertz CT molecular complexity index is 501. The third-order valence-electron chi connectivity index (χ3n) is 2.92. The highest BCUT2D eigenvalue weighted by Gasteiger charge is 2.08. The van der Waals surface area contributed by atoms with E-state index in [4.69, 9.17) is 0 Å². The van der Waals surface area contributed by atoms with Crippen molar-refractivity contribution in [2.45, 2.75) is 19.2 Å². The molecule has 82 valence electrons. The van der Waals surface area contributed by atoms with Gasteiger partial charge in [0, 0.05) is 5.33 Å². The molecule has 0 heterocycles. The van der Waals surface area contributed by atoms with Crippen LogP contribution in [0.3, 0.4) is 0 Å². The summed E-state index contributed by atoms with van der Waals surface area (Å²) in [6, 6.07) is 15.0. The molecule has 0 aliphatic rings. The minimum atomic E-state index is 0.901. The maximum absolute atomic E-state index is 3.56. The van der Waals surface area contributed by atoms with E-state index in [2.05, 4.69) is 72.2 Å². The molecule has 0 aliphatic carbocycles. The predicted octanol–water partition coefficient (Wildman–Crippen LogP) is 4.87. The van der Waals surface area contributed by atoms with Gasteiger partial charge in [-0.25, -0.2) is 0 Å². The van der Waals surface area contributed by atoms with Crippen molar-refractivity contribution in [3.8, 4) is 11.1 Å². The minimum absolute atomic E-state index is 0.901. The zero-order chi connectivity index (χ0) is 11.5. The molecule has 0 atom stereocenters. The zero-order valence-electron chi connectivity index (χ0n) is 9.63. The lowest BCUT2D eigenvalue weighted by molar-refractivity contribution is 1.34. The predicted molar refractivity (Wildman–Crippen MR) is 74.0 cm³/mol. The van der Waals surface area contributed by atoms with E-state index in [-0.39, 0.29) is 0 Å². The van der Waals surface area contributed by atoms with Gasteiger partial charge in [0.1, 0.15) is 0 Å². The number of rotatable bonds is 2. The van der Waals surface area contributed by atoms with E-state index in [1.165, 1.54) is 27.8 Å². The summed E-state index contributed by atoms with van der Waals surface area (Å²) < 4.78 is 0. The maximum atomic E-state index is 3.56. The summed E-state index contributed by atoms with van der Waals surface area (Å²) in [5.74, 6) is 0. The van der Waals surface area contributed by atoms with Crippen molar-refractivity contribution in [2.75, 3.05) is 0 Å².